The average molecular weight is 485 g/mol. The van der Waals surface area contributed by atoms with E-state index in [4.69, 9.17) is 9.47 Å². The van der Waals surface area contributed by atoms with E-state index in [1.54, 1.807) is 0 Å². The van der Waals surface area contributed by atoms with Crippen LogP contribution in [0.3, 0.4) is 0 Å². The van der Waals surface area contributed by atoms with Gasteiger partial charge in [-0.15, -0.1) is 0 Å². The third kappa shape index (κ3) is 6.98. The van der Waals surface area contributed by atoms with Gasteiger partial charge in [-0.25, -0.2) is 4.79 Å². The topological polar surface area (TPSA) is 50.8 Å². The predicted octanol–water partition coefficient (Wildman–Crippen LogP) is 6.64. The lowest BCUT2D eigenvalue weighted by atomic mass is 9.90. The Balaban J connectivity index is 1.54. The molecule has 1 aliphatic rings. The molecule has 36 heavy (non-hydrogen) atoms. The SMILES string of the molecule is CCNC(=O)Oc1ccc(/C(=C(\C)c2ccccc2)c2ccc(OCCN3CCCCC3)cc2)cc1. The van der Waals surface area contributed by atoms with Gasteiger partial charge in [0.1, 0.15) is 18.1 Å². The van der Waals surface area contributed by atoms with E-state index in [1.807, 2.05) is 37.3 Å². The highest BCUT2D eigenvalue weighted by atomic mass is 16.6. The Hall–Kier alpha value is -3.57. The van der Waals surface area contributed by atoms with E-state index in [-0.39, 0.29) is 0 Å². The Morgan fingerprint density at radius 1 is 0.806 bits per heavy atom. The number of nitrogens with zero attached hydrogens (tertiary/aromatic N) is 1. The summed E-state index contributed by atoms with van der Waals surface area (Å²) < 4.78 is 11.4. The molecule has 1 N–H and O–H groups in total. The fourth-order valence-electron chi connectivity index (χ4n) is 4.60. The van der Waals surface area contributed by atoms with Crippen LogP contribution in [0.5, 0.6) is 11.5 Å². The monoisotopic (exact) mass is 484 g/mol. The summed E-state index contributed by atoms with van der Waals surface area (Å²) in [4.78, 5) is 14.3. The van der Waals surface area contributed by atoms with Crippen molar-refractivity contribution in [2.24, 2.45) is 0 Å². The van der Waals surface area contributed by atoms with E-state index in [1.165, 1.54) is 37.9 Å². The second-order valence-corrected chi connectivity index (χ2v) is 9.09. The molecule has 1 aliphatic heterocycles. The second kappa shape index (κ2) is 12.9. The Morgan fingerprint density at radius 3 is 2.03 bits per heavy atom. The molecular formula is C31H36N2O3. The molecule has 0 saturated carbocycles. The zero-order valence-corrected chi connectivity index (χ0v) is 21.3. The van der Waals surface area contributed by atoms with Gasteiger partial charge in [0.2, 0.25) is 0 Å². The van der Waals surface area contributed by atoms with E-state index < -0.39 is 6.09 Å². The van der Waals surface area contributed by atoms with Crippen LogP contribution in [0.2, 0.25) is 0 Å². The number of amides is 1. The van der Waals surface area contributed by atoms with Gasteiger partial charge < -0.3 is 14.8 Å². The van der Waals surface area contributed by atoms with Gasteiger partial charge in [-0.1, -0.05) is 61.0 Å². The molecule has 3 aromatic rings. The Labute approximate surface area is 214 Å². The molecule has 4 rings (SSSR count). The number of carbonyl (C=O) groups is 1. The van der Waals surface area contributed by atoms with Crippen molar-refractivity contribution in [1.29, 1.82) is 0 Å². The van der Waals surface area contributed by atoms with E-state index in [2.05, 4.69) is 65.7 Å². The first-order valence-electron chi connectivity index (χ1n) is 12.9. The van der Waals surface area contributed by atoms with Gasteiger partial charge in [0, 0.05) is 13.1 Å². The van der Waals surface area contributed by atoms with Crippen LogP contribution in [0.4, 0.5) is 4.79 Å². The molecule has 0 aliphatic carbocycles. The van der Waals surface area contributed by atoms with Crippen molar-refractivity contribution in [3.63, 3.8) is 0 Å². The molecule has 5 nitrogen and oxygen atoms in total. The molecule has 0 radical (unpaired) electrons. The summed E-state index contributed by atoms with van der Waals surface area (Å²) in [6, 6.07) is 26.4. The van der Waals surface area contributed by atoms with Crippen LogP contribution in [-0.2, 0) is 0 Å². The summed E-state index contributed by atoms with van der Waals surface area (Å²) in [5.41, 5.74) is 5.63. The van der Waals surface area contributed by atoms with Crippen LogP contribution in [-0.4, -0.2) is 43.8 Å². The van der Waals surface area contributed by atoms with Crippen molar-refractivity contribution in [3.8, 4) is 11.5 Å². The van der Waals surface area contributed by atoms with E-state index in [0.29, 0.717) is 18.9 Å². The average Bonchev–Trinajstić information content (AvgIpc) is 2.92. The smallest absolute Gasteiger partial charge is 0.412 e. The molecule has 188 valence electrons. The molecule has 0 aromatic heterocycles. The normalized spacial score (nSPS) is 14.6. The van der Waals surface area contributed by atoms with Crippen LogP contribution in [0.1, 0.15) is 49.8 Å². The Kier molecular flexibility index (Phi) is 9.17. The lowest BCUT2D eigenvalue weighted by Gasteiger charge is -2.26. The second-order valence-electron chi connectivity index (χ2n) is 9.09. The minimum Gasteiger partial charge on any atom is -0.492 e. The highest BCUT2D eigenvalue weighted by molar-refractivity contribution is 5.98. The zero-order valence-electron chi connectivity index (χ0n) is 21.3. The summed E-state index contributed by atoms with van der Waals surface area (Å²) in [6.07, 6.45) is 3.49. The Morgan fingerprint density at radius 2 is 1.42 bits per heavy atom. The number of hydrogen-bond acceptors (Lipinski definition) is 4. The van der Waals surface area contributed by atoms with Gasteiger partial charge in [-0.3, -0.25) is 4.90 Å². The highest BCUT2D eigenvalue weighted by Gasteiger charge is 2.13. The fraction of sp³-hybridized carbons (Fsp3) is 0.323. The van der Waals surface area contributed by atoms with Crippen LogP contribution in [0.15, 0.2) is 78.9 Å². The lowest BCUT2D eigenvalue weighted by molar-refractivity contribution is 0.183. The largest absolute Gasteiger partial charge is 0.492 e. The molecule has 5 heteroatoms. The van der Waals surface area contributed by atoms with Crippen molar-refractivity contribution in [2.45, 2.75) is 33.1 Å². The summed E-state index contributed by atoms with van der Waals surface area (Å²) in [5, 5.41) is 2.65. The third-order valence-corrected chi connectivity index (χ3v) is 6.52. The molecular weight excluding hydrogens is 448 g/mol. The standard InChI is InChI=1S/C31H36N2O3/c1-3-32-31(34)36-29-18-14-27(15-19-29)30(24(2)25-10-6-4-7-11-25)26-12-16-28(17-13-26)35-23-22-33-20-8-5-9-21-33/h4,6-7,10-19H,3,5,8-9,20-23H2,1-2H3,(H,32,34)/b30-24+. The molecule has 0 bridgehead atoms. The van der Waals surface area contributed by atoms with Gasteiger partial charge in [0.15, 0.2) is 0 Å². The van der Waals surface area contributed by atoms with Crippen LogP contribution < -0.4 is 14.8 Å². The minimum absolute atomic E-state index is 0.447. The van der Waals surface area contributed by atoms with Crippen molar-refractivity contribution in [1.82, 2.24) is 10.2 Å². The molecule has 1 amide bonds. The number of allylic oxidation sites excluding steroid dienone is 1. The minimum atomic E-state index is -0.447. The van der Waals surface area contributed by atoms with Gasteiger partial charge in [0.25, 0.3) is 0 Å². The van der Waals surface area contributed by atoms with Crippen molar-refractivity contribution in [3.05, 3.63) is 95.6 Å². The molecule has 1 fully saturated rings. The molecule has 0 spiro atoms. The van der Waals surface area contributed by atoms with Gasteiger partial charge in [0.05, 0.1) is 0 Å². The van der Waals surface area contributed by atoms with Crippen LogP contribution in [0.25, 0.3) is 11.1 Å². The molecule has 3 aromatic carbocycles. The summed E-state index contributed by atoms with van der Waals surface area (Å²) >= 11 is 0. The quantitative estimate of drug-likeness (QED) is 0.346. The maximum Gasteiger partial charge on any atom is 0.412 e. The fourth-order valence-corrected chi connectivity index (χ4v) is 4.60. The third-order valence-electron chi connectivity index (χ3n) is 6.52. The number of nitrogens with one attached hydrogen (secondary N) is 1. The predicted molar refractivity (Wildman–Crippen MR) is 146 cm³/mol. The van der Waals surface area contributed by atoms with E-state index in [9.17, 15) is 4.79 Å². The zero-order chi connectivity index (χ0) is 25.2. The van der Waals surface area contributed by atoms with Crippen LogP contribution in [0, 0.1) is 0 Å². The van der Waals surface area contributed by atoms with E-state index >= 15 is 0 Å². The summed E-state index contributed by atoms with van der Waals surface area (Å²) in [7, 11) is 0. The maximum atomic E-state index is 11.8. The highest BCUT2D eigenvalue weighted by Crippen LogP contribution is 2.33. The van der Waals surface area contributed by atoms with E-state index in [0.717, 1.165) is 34.6 Å². The molecule has 1 heterocycles. The van der Waals surface area contributed by atoms with Gasteiger partial charge >= 0.3 is 6.09 Å². The lowest BCUT2D eigenvalue weighted by Crippen LogP contribution is -2.33. The first-order chi connectivity index (χ1) is 17.6. The van der Waals surface area contributed by atoms with Crippen LogP contribution >= 0.6 is 0 Å². The Bertz CT molecular complexity index is 1130. The first kappa shape index (κ1) is 25.5. The number of piperidine rings is 1. The molecule has 0 unspecified atom stereocenters. The first-order valence-corrected chi connectivity index (χ1v) is 12.9. The number of likely N-dealkylation sites (tertiary alicyclic amines) is 1. The molecule has 1 saturated heterocycles. The van der Waals surface area contributed by atoms with Crippen molar-refractivity contribution in [2.75, 3.05) is 32.8 Å². The number of rotatable bonds is 9. The summed E-state index contributed by atoms with van der Waals surface area (Å²) in [5.74, 6) is 1.40. The van der Waals surface area contributed by atoms with Gasteiger partial charge in [-0.05, 0) is 91.9 Å². The van der Waals surface area contributed by atoms with Crippen molar-refractivity contribution >= 4 is 17.2 Å². The number of carbonyl (C=O) groups excluding carboxylic acids is 1. The maximum absolute atomic E-state index is 11.8. The number of ether oxygens (including phenoxy) is 2. The van der Waals surface area contributed by atoms with Gasteiger partial charge in [-0.2, -0.15) is 0 Å². The van der Waals surface area contributed by atoms with Crippen molar-refractivity contribution < 1.29 is 14.3 Å². The summed E-state index contributed by atoms with van der Waals surface area (Å²) in [6.45, 7) is 8.58. The molecule has 0 atom stereocenters. The number of benzene rings is 3. The number of hydrogen-bond donors (Lipinski definition) is 1.